The standard InChI is InChI=1S/C20H46O5Si2/c1-9-13-17(5)21-26-25-27(22-18(6)14-10-2,23-19(7)15-11-3)24-20(8)16-12-4/h17-20H,9-16,26H2,1-8H3. The van der Waals surface area contributed by atoms with Gasteiger partial charge in [0.1, 0.15) is 0 Å². The van der Waals surface area contributed by atoms with Gasteiger partial charge in [0, 0.05) is 24.4 Å². The van der Waals surface area contributed by atoms with Gasteiger partial charge in [0.05, 0.1) is 0 Å². The van der Waals surface area contributed by atoms with E-state index >= 15 is 0 Å². The molecule has 0 fully saturated rings. The van der Waals surface area contributed by atoms with E-state index < -0.39 is 19.1 Å². The Morgan fingerprint density at radius 1 is 0.593 bits per heavy atom. The molecule has 0 heterocycles. The predicted molar refractivity (Wildman–Crippen MR) is 117 cm³/mol. The van der Waals surface area contributed by atoms with Gasteiger partial charge in [-0.25, -0.2) is 0 Å². The van der Waals surface area contributed by atoms with Gasteiger partial charge in [-0.3, -0.25) is 0 Å². The molecule has 0 aromatic carbocycles. The van der Waals surface area contributed by atoms with Crippen molar-refractivity contribution >= 4 is 19.1 Å². The SMILES string of the molecule is CCCC(C)O[SiH2]O[Si](OC(C)CCC)(OC(C)CCC)OC(C)CCC. The molecule has 5 nitrogen and oxygen atoms in total. The van der Waals surface area contributed by atoms with Gasteiger partial charge in [0.25, 0.3) is 10.0 Å². The molecule has 0 aliphatic carbocycles. The summed E-state index contributed by atoms with van der Waals surface area (Å²) in [6, 6.07) is 0. The van der Waals surface area contributed by atoms with Crippen LogP contribution in [0.3, 0.4) is 0 Å². The fourth-order valence-electron chi connectivity index (χ4n) is 3.03. The minimum absolute atomic E-state index is 0.0476. The monoisotopic (exact) mass is 422 g/mol. The molecule has 0 saturated carbocycles. The molecular formula is C20H46O5Si2. The van der Waals surface area contributed by atoms with Crippen molar-refractivity contribution < 1.29 is 21.8 Å². The second-order valence-electron chi connectivity index (χ2n) is 7.68. The van der Waals surface area contributed by atoms with E-state index in [2.05, 4.69) is 55.4 Å². The third-order valence-electron chi connectivity index (χ3n) is 4.41. The van der Waals surface area contributed by atoms with Gasteiger partial charge in [-0.1, -0.05) is 53.4 Å². The van der Waals surface area contributed by atoms with E-state index in [1.165, 1.54) is 0 Å². The molecule has 0 aliphatic rings. The molecule has 0 aliphatic heterocycles. The zero-order valence-corrected chi connectivity index (χ0v) is 21.6. The predicted octanol–water partition coefficient (Wildman–Crippen LogP) is 5.26. The van der Waals surface area contributed by atoms with Crippen LogP contribution in [0.15, 0.2) is 0 Å². The molecule has 4 unspecified atom stereocenters. The van der Waals surface area contributed by atoms with Crippen LogP contribution in [0.4, 0.5) is 0 Å². The molecule has 27 heavy (non-hydrogen) atoms. The maximum atomic E-state index is 6.38. The first-order chi connectivity index (χ1) is 12.8. The quantitative estimate of drug-likeness (QED) is 0.282. The summed E-state index contributed by atoms with van der Waals surface area (Å²) in [6.45, 7) is 17.0. The van der Waals surface area contributed by atoms with Gasteiger partial charge in [0.2, 0.25) is 0 Å². The van der Waals surface area contributed by atoms with Crippen LogP contribution in [0.2, 0.25) is 0 Å². The summed E-state index contributed by atoms with van der Waals surface area (Å²) in [6.07, 6.45) is 8.56. The largest absolute Gasteiger partial charge is 0.670 e. The Hall–Kier alpha value is 0.234. The van der Waals surface area contributed by atoms with Crippen LogP contribution in [-0.4, -0.2) is 43.5 Å². The number of hydrogen-bond donors (Lipinski definition) is 0. The highest BCUT2D eigenvalue weighted by Crippen LogP contribution is 2.23. The highest BCUT2D eigenvalue weighted by molar-refractivity contribution is 6.59. The van der Waals surface area contributed by atoms with Crippen molar-refractivity contribution in [2.75, 3.05) is 0 Å². The molecule has 0 bridgehead atoms. The zero-order chi connectivity index (χ0) is 20.7. The van der Waals surface area contributed by atoms with E-state index in [-0.39, 0.29) is 24.4 Å². The average molecular weight is 423 g/mol. The van der Waals surface area contributed by atoms with Crippen molar-refractivity contribution in [1.29, 1.82) is 0 Å². The summed E-state index contributed by atoms with van der Waals surface area (Å²) < 4.78 is 31.4. The van der Waals surface area contributed by atoms with Crippen LogP contribution < -0.4 is 0 Å². The molecule has 4 atom stereocenters. The minimum Gasteiger partial charge on any atom is -0.396 e. The Bertz CT molecular complexity index is 310. The van der Waals surface area contributed by atoms with E-state index in [9.17, 15) is 0 Å². The van der Waals surface area contributed by atoms with Crippen molar-refractivity contribution in [3.05, 3.63) is 0 Å². The summed E-state index contributed by atoms with van der Waals surface area (Å²) in [5.74, 6) is 0. The summed E-state index contributed by atoms with van der Waals surface area (Å²) in [5, 5.41) is 0. The lowest BCUT2D eigenvalue weighted by molar-refractivity contribution is -0.0641. The summed E-state index contributed by atoms with van der Waals surface area (Å²) >= 11 is 0. The van der Waals surface area contributed by atoms with Crippen LogP contribution in [0, 0.1) is 0 Å². The lowest BCUT2D eigenvalue weighted by Gasteiger charge is -2.35. The van der Waals surface area contributed by atoms with Gasteiger partial charge in [-0.05, 0) is 53.4 Å². The molecule has 7 heteroatoms. The Morgan fingerprint density at radius 2 is 0.926 bits per heavy atom. The van der Waals surface area contributed by atoms with Gasteiger partial charge in [-0.2, -0.15) is 0 Å². The molecule has 0 radical (unpaired) electrons. The lowest BCUT2D eigenvalue weighted by Crippen LogP contribution is -2.55. The van der Waals surface area contributed by atoms with Gasteiger partial charge in [-0.15, -0.1) is 0 Å². The van der Waals surface area contributed by atoms with E-state index in [1.54, 1.807) is 0 Å². The number of hydrogen-bond acceptors (Lipinski definition) is 5. The Morgan fingerprint density at radius 3 is 1.26 bits per heavy atom. The lowest BCUT2D eigenvalue weighted by atomic mass is 10.2. The second-order valence-corrected chi connectivity index (χ2v) is 11.1. The topological polar surface area (TPSA) is 46.2 Å². The minimum atomic E-state index is -3.25. The second kappa shape index (κ2) is 16.1. The van der Waals surface area contributed by atoms with Crippen molar-refractivity contribution in [3.8, 4) is 0 Å². The average Bonchev–Trinajstić information content (AvgIpc) is 2.55. The van der Waals surface area contributed by atoms with E-state index in [0.29, 0.717) is 0 Å². The summed E-state index contributed by atoms with van der Waals surface area (Å²) in [7, 11) is -4.49. The van der Waals surface area contributed by atoms with E-state index in [1.807, 2.05) is 0 Å². The first-order valence-electron chi connectivity index (χ1n) is 11.1. The smallest absolute Gasteiger partial charge is 0.396 e. The highest BCUT2D eigenvalue weighted by atomic mass is 28.4. The maximum absolute atomic E-state index is 6.38. The Kier molecular flexibility index (Phi) is 16.2. The van der Waals surface area contributed by atoms with Crippen molar-refractivity contribution in [3.63, 3.8) is 0 Å². The van der Waals surface area contributed by atoms with Crippen molar-refractivity contribution in [2.24, 2.45) is 0 Å². The molecule has 164 valence electrons. The molecule has 0 spiro atoms. The normalized spacial score (nSPS) is 19.1. The Labute approximate surface area is 172 Å². The molecular weight excluding hydrogens is 376 g/mol. The fraction of sp³-hybridized carbons (Fsp3) is 1.00. The van der Waals surface area contributed by atoms with Crippen LogP contribution >= 0.6 is 0 Å². The van der Waals surface area contributed by atoms with Crippen LogP contribution in [0.1, 0.15) is 107 Å². The maximum Gasteiger partial charge on any atom is 0.670 e. The molecule has 0 amide bonds. The van der Waals surface area contributed by atoms with E-state index in [0.717, 1.165) is 51.4 Å². The zero-order valence-electron chi connectivity index (χ0n) is 19.2. The molecule has 0 rings (SSSR count). The Balaban J connectivity index is 5.26. The molecule has 0 N–H and O–H groups in total. The summed E-state index contributed by atoms with van der Waals surface area (Å²) in [4.78, 5) is 0. The van der Waals surface area contributed by atoms with Crippen LogP contribution in [0.25, 0.3) is 0 Å². The first kappa shape index (κ1) is 27.2. The molecule has 0 aromatic heterocycles. The van der Waals surface area contributed by atoms with Crippen LogP contribution in [-0.2, 0) is 21.8 Å². The van der Waals surface area contributed by atoms with Crippen molar-refractivity contribution in [2.45, 2.75) is 131 Å². The van der Waals surface area contributed by atoms with Crippen LogP contribution in [0.5, 0.6) is 0 Å². The third-order valence-corrected chi connectivity index (χ3v) is 9.07. The molecule has 0 saturated heterocycles. The highest BCUT2D eigenvalue weighted by Gasteiger charge is 2.49. The fourth-order valence-corrected chi connectivity index (χ4v) is 7.10. The first-order valence-corrected chi connectivity index (χ1v) is 13.9. The third kappa shape index (κ3) is 13.1. The van der Waals surface area contributed by atoms with Gasteiger partial charge < -0.3 is 21.8 Å². The number of rotatable bonds is 18. The van der Waals surface area contributed by atoms with Gasteiger partial charge in [0.15, 0.2) is 0 Å². The molecule has 0 aromatic rings. The van der Waals surface area contributed by atoms with Gasteiger partial charge >= 0.3 is 9.05 Å². The van der Waals surface area contributed by atoms with Crippen molar-refractivity contribution in [1.82, 2.24) is 0 Å². The van der Waals surface area contributed by atoms with E-state index in [4.69, 9.17) is 21.8 Å². The summed E-state index contributed by atoms with van der Waals surface area (Å²) in [5.41, 5.74) is 0.